The van der Waals surface area contributed by atoms with Gasteiger partial charge >= 0.3 is 6.03 Å². The minimum atomic E-state index is -0.309. The number of amides is 2. The number of carbonyl (C=O) groups excluding carboxylic acids is 1. The predicted molar refractivity (Wildman–Crippen MR) is 164 cm³/mol. The van der Waals surface area contributed by atoms with Crippen molar-refractivity contribution in [3.8, 4) is 22.8 Å². The molecule has 0 saturated carbocycles. The number of rotatable bonds is 12. The molecule has 2 aromatic heterocycles. The van der Waals surface area contributed by atoms with Gasteiger partial charge in [-0.3, -0.25) is 10.3 Å². The van der Waals surface area contributed by atoms with E-state index in [1.807, 2.05) is 50.2 Å². The summed E-state index contributed by atoms with van der Waals surface area (Å²) < 4.78 is 11.1. The van der Waals surface area contributed by atoms with Gasteiger partial charge in [0, 0.05) is 60.0 Å². The van der Waals surface area contributed by atoms with Crippen molar-refractivity contribution in [1.29, 1.82) is 0 Å². The second-order valence-electron chi connectivity index (χ2n) is 10.3. The number of hydrogen-bond donors (Lipinski definition) is 3. The SMILES string of the molecule is COc1cc(OC)cc(N(CCCNC(C)C)c2ccc3ncc(-c4ccnc(NC(=O)NC(C)C)c4)nc3c2)c1. The van der Waals surface area contributed by atoms with E-state index in [0.717, 1.165) is 59.0 Å². The summed E-state index contributed by atoms with van der Waals surface area (Å²) in [6, 6.07) is 15.7. The maximum atomic E-state index is 12.2. The number of methoxy groups -OCH3 is 2. The number of nitrogens with one attached hydrogen (secondary N) is 3. The Labute approximate surface area is 241 Å². The highest BCUT2D eigenvalue weighted by Crippen LogP contribution is 2.34. The number of nitrogens with zero attached hydrogens (tertiary/aromatic N) is 4. The Kier molecular flexibility index (Phi) is 9.91. The quantitative estimate of drug-likeness (QED) is 0.188. The average Bonchev–Trinajstić information content (AvgIpc) is 2.95. The number of aromatic nitrogens is 3. The number of fused-ring (bicyclic) bond motifs is 1. The molecule has 3 N–H and O–H groups in total. The van der Waals surface area contributed by atoms with Gasteiger partial charge in [0.05, 0.1) is 37.1 Å². The molecule has 10 nitrogen and oxygen atoms in total. The molecule has 0 aliphatic rings. The number of pyridine rings is 1. The maximum absolute atomic E-state index is 12.2. The number of ether oxygens (including phenoxy) is 2. The lowest BCUT2D eigenvalue weighted by Gasteiger charge is -2.26. The van der Waals surface area contributed by atoms with Crippen LogP contribution in [0.5, 0.6) is 11.5 Å². The third kappa shape index (κ3) is 8.04. The summed E-state index contributed by atoms with van der Waals surface area (Å²) in [5.74, 6) is 1.87. The second kappa shape index (κ2) is 13.8. The van der Waals surface area contributed by atoms with E-state index in [1.54, 1.807) is 32.7 Å². The van der Waals surface area contributed by atoms with E-state index in [1.165, 1.54) is 0 Å². The largest absolute Gasteiger partial charge is 0.497 e. The van der Waals surface area contributed by atoms with Gasteiger partial charge in [-0.25, -0.2) is 14.8 Å². The molecule has 4 aromatic rings. The van der Waals surface area contributed by atoms with E-state index in [9.17, 15) is 4.79 Å². The molecular weight excluding hydrogens is 518 g/mol. The first-order valence-corrected chi connectivity index (χ1v) is 13.8. The molecule has 0 aliphatic carbocycles. The molecule has 2 heterocycles. The van der Waals surface area contributed by atoms with Crippen LogP contribution in [0.15, 0.2) is 60.9 Å². The fourth-order valence-electron chi connectivity index (χ4n) is 4.36. The zero-order valence-electron chi connectivity index (χ0n) is 24.6. The van der Waals surface area contributed by atoms with Crippen LogP contribution in [0.3, 0.4) is 0 Å². The van der Waals surface area contributed by atoms with Crippen molar-refractivity contribution >= 4 is 34.3 Å². The number of anilines is 3. The fourth-order valence-corrected chi connectivity index (χ4v) is 4.36. The molecule has 2 amide bonds. The van der Waals surface area contributed by atoms with Gasteiger partial charge in [0.15, 0.2) is 0 Å². The standard InChI is InChI=1S/C31H39N7O3/c1-20(2)32-11-7-13-38(24-15-25(40-5)18-26(16-24)41-6)23-8-9-27-28(17-23)36-29(19-34-27)22-10-12-33-30(14-22)37-31(39)35-21(3)4/h8-10,12,14-21,32H,7,11,13H2,1-6H3,(H2,33,35,37,39). The monoisotopic (exact) mass is 557 g/mol. The van der Waals surface area contributed by atoms with E-state index in [0.29, 0.717) is 17.6 Å². The lowest BCUT2D eigenvalue weighted by molar-refractivity contribution is 0.250. The molecule has 0 fully saturated rings. The van der Waals surface area contributed by atoms with E-state index in [4.69, 9.17) is 14.5 Å². The number of benzene rings is 2. The fraction of sp³-hybridized carbons (Fsp3) is 0.355. The van der Waals surface area contributed by atoms with Gasteiger partial charge in [0.2, 0.25) is 0 Å². The number of urea groups is 1. The Morgan fingerprint density at radius 2 is 1.63 bits per heavy atom. The molecule has 0 saturated heterocycles. The van der Waals surface area contributed by atoms with Crippen molar-refractivity contribution < 1.29 is 14.3 Å². The predicted octanol–water partition coefficient (Wildman–Crippen LogP) is 5.77. The maximum Gasteiger partial charge on any atom is 0.320 e. The van der Waals surface area contributed by atoms with Gasteiger partial charge in [-0.05, 0) is 57.1 Å². The van der Waals surface area contributed by atoms with Crippen LogP contribution in [0.1, 0.15) is 34.1 Å². The van der Waals surface area contributed by atoms with Crippen molar-refractivity contribution in [2.75, 3.05) is 37.5 Å². The van der Waals surface area contributed by atoms with Crippen LogP contribution in [0.4, 0.5) is 22.0 Å². The van der Waals surface area contributed by atoms with Gasteiger partial charge in [-0.2, -0.15) is 0 Å². The van der Waals surface area contributed by atoms with Crippen molar-refractivity contribution in [3.05, 3.63) is 60.9 Å². The summed E-state index contributed by atoms with van der Waals surface area (Å²) in [5, 5.41) is 9.07. The van der Waals surface area contributed by atoms with E-state index < -0.39 is 0 Å². The third-order valence-corrected chi connectivity index (χ3v) is 6.31. The Bertz CT molecular complexity index is 1450. The highest BCUT2D eigenvalue weighted by Gasteiger charge is 2.15. The normalized spacial score (nSPS) is 11.1. The summed E-state index contributed by atoms with van der Waals surface area (Å²) in [6.07, 6.45) is 4.31. The Balaban J connectivity index is 1.68. The summed E-state index contributed by atoms with van der Waals surface area (Å²) in [4.78, 5) is 28.3. The molecule has 4 rings (SSSR count). The lowest BCUT2D eigenvalue weighted by atomic mass is 10.1. The van der Waals surface area contributed by atoms with Crippen LogP contribution in [0.2, 0.25) is 0 Å². The molecule has 41 heavy (non-hydrogen) atoms. The third-order valence-electron chi connectivity index (χ3n) is 6.31. The van der Waals surface area contributed by atoms with Gasteiger partial charge in [0.25, 0.3) is 0 Å². The van der Waals surface area contributed by atoms with Gasteiger partial charge in [0.1, 0.15) is 17.3 Å². The van der Waals surface area contributed by atoms with E-state index in [2.05, 4.69) is 50.7 Å². The van der Waals surface area contributed by atoms with Crippen molar-refractivity contribution in [2.45, 2.75) is 46.2 Å². The van der Waals surface area contributed by atoms with Crippen LogP contribution in [-0.4, -0.2) is 60.4 Å². The topological polar surface area (TPSA) is 114 Å². The van der Waals surface area contributed by atoms with Crippen LogP contribution in [0.25, 0.3) is 22.3 Å². The van der Waals surface area contributed by atoms with Gasteiger partial charge in [-0.1, -0.05) is 13.8 Å². The molecule has 10 heteroatoms. The minimum absolute atomic E-state index is 0.0165. The Morgan fingerprint density at radius 1 is 0.878 bits per heavy atom. The Morgan fingerprint density at radius 3 is 2.32 bits per heavy atom. The zero-order valence-corrected chi connectivity index (χ0v) is 24.6. The molecule has 0 unspecified atom stereocenters. The van der Waals surface area contributed by atoms with Crippen molar-refractivity contribution in [2.24, 2.45) is 0 Å². The molecule has 2 aromatic carbocycles. The van der Waals surface area contributed by atoms with Gasteiger partial charge < -0.3 is 25.0 Å². The summed E-state index contributed by atoms with van der Waals surface area (Å²) >= 11 is 0. The van der Waals surface area contributed by atoms with E-state index in [-0.39, 0.29) is 12.1 Å². The first-order valence-electron chi connectivity index (χ1n) is 13.8. The first kappa shape index (κ1) is 29.5. The lowest BCUT2D eigenvalue weighted by Crippen LogP contribution is -2.34. The molecule has 0 bridgehead atoms. The molecule has 216 valence electrons. The van der Waals surface area contributed by atoms with Crippen LogP contribution in [-0.2, 0) is 0 Å². The van der Waals surface area contributed by atoms with Gasteiger partial charge in [-0.15, -0.1) is 0 Å². The Hall–Kier alpha value is -4.44. The molecule has 0 atom stereocenters. The summed E-state index contributed by atoms with van der Waals surface area (Å²) in [5.41, 5.74) is 4.95. The molecule has 0 spiro atoms. The summed E-state index contributed by atoms with van der Waals surface area (Å²) in [7, 11) is 3.30. The van der Waals surface area contributed by atoms with E-state index >= 15 is 0 Å². The van der Waals surface area contributed by atoms with Crippen LogP contribution >= 0.6 is 0 Å². The number of carbonyl (C=O) groups is 1. The van der Waals surface area contributed by atoms with Crippen LogP contribution in [0, 0.1) is 0 Å². The smallest absolute Gasteiger partial charge is 0.320 e. The molecule has 0 aliphatic heterocycles. The van der Waals surface area contributed by atoms with Crippen molar-refractivity contribution in [3.63, 3.8) is 0 Å². The van der Waals surface area contributed by atoms with Crippen LogP contribution < -0.4 is 30.3 Å². The first-order chi connectivity index (χ1) is 19.7. The second-order valence-corrected chi connectivity index (χ2v) is 10.3. The van der Waals surface area contributed by atoms with Crippen molar-refractivity contribution in [1.82, 2.24) is 25.6 Å². The average molecular weight is 558 g/mol. The molecule has 0 radical (unpaired) electrons. The highest BCUT2D eigenvalue weighted by molar-refractivity contribution is 5.89. The molecular formula is C31H39N7O3. The zero-order chi connectivity index (χ0) is 29.4. The number of hydrogen-bond acceptors (Lipinski definition) is 8. The summed E-state index contributed by atoms with van der Waals surface area (Å²) in [6.45, 7) is 9.75. The minimum Gasteiger partial charge on any atom is -0.497 e. The highest BCUT2D eigenvalue weighted by atomic mass is 16.5.